The maximum atomic E-state index is 3.68. The number of halogens is 3. The quantitative estimate of drug-likeness (QED) is 0.241. The highest BCUT2D eigenvalue weighted by Gasteiger charge is 1.86. The predicted octanol–water partition coefficient (Wildman–Crippen LogP) is -7.78. The average Bonchev–Trinajstić information content (AvgIpc) is 2.42. The lowest BCUT2D eigenvalue weighted by atomic mass is 10.3. The minimum atomic E-state index is 0. The number of nitrogens with two attached hydrogens (primary N) is 1. The third-order valence-corrected chi connectivity index (χ3v) is 2.73. The molecule has 0 aliphatic heterocycles. The summed E-state index contributed by atoms with van der Waals surface area (Å²) in [5, 5.41) is 2.42. The van der Waals surface area contributed by atoms with Crippen molar-refractivity contribution in [3.05, 3.63) is 0 Å². The van der Waals surface area contributed by atoms with Crippen molar-refractivity contribution >= 4 is 0 Å². The van der Waals surface area contributed by atoms with Gasteiger partial charge in [0.2, 0.25) is 0 Å². The number of hydrogen-bond donors (Lipinski definition) is 3. The Labute approximate surface area is 172 Å². The molecule has 0 fully saturated rings. The second kappa shape index (κ2) is 49.5. The molecule has 0 aromatic heterocycles. The predicted molar refractivity (Wildman–Crippen MR) is 86.8 cm³/mol. The summed E-state index contributed by atoms with van der Waals surface area (Å²) in [6.45, 7) is 13.7. The molecule has 0 spiro atoms. The van der Waals surface area contributed by atoms with Gasteiger partial charge in [-0.05, 0) is 25.7 Å². The molecule has 0 bridgehead atoms. The largest absolute Gasteiger partial charge is 1.00 e. The maximum Gasteiger partial charge on any atom is 0.0755 e. The van der Waals surface area contributed by atoms with Crippen molar-refractivity contribution in [3.8, 4) is 0 Å². The molecule has 0 atom stereocenters. The summed E-state index contributed by atoms with van der Waals surface area (Å²) < 4.78 is 0. The minimum Gasteiger partial charge on any atom is -1.00 e. The zero-order chi connectivity index (χ0) is 15.2. The van der Waals surface area contributed by atoms with Crippen LogP contribution in [0.3, 0.4) is 0 Å². The summed E-state index contributed by atoms with van der Waals surface area (Å²) in [7, 11) is 0. The molecule has 144 valence electrons. The van der Waals surface area contributed by atoms with E-state index in [1.807, 2.05) is 0 Å². The average molecular weight is 518 g/mol. The van der Waals surface area contributed by atoms with Crippen LogP contribution >= 0.6 is 0 Å². The number of rotatable bonds is 10. The normalized spacial score (nSPS) is 7.91. The van der Waals surface area contributed by atoms with Crippen LogP contribution in [-0.2, 0) is 0 Å². The molecule has 6 heteroatoms. The Morgan fingerprint density at radius 2 is 0.818 bits per heavy atom. The summed E-state index contributed by atoms with van der Waals surface area (Å²) in [6, 6.07) is 0. The first-order valence-corrected chi connectivity index (χ1v) is 8.64. The zero-order valence-corrected chi connectivity index (χ0v) is 20.4. The third-order valence-electron chi connectivity index (χ3n) is 2.73. The standard InChI is InChI=1S/C8H19N.2C4H11N.3BrH/c1-3-5-7-9-8-6-4-2;2*1-2-3-4-5;;;/h9H,3-8H2,1-2H3;2*2-5H2,1H3;3*1H. The summed E-state index contributed by atoms with van der Waals surface area (Å²) in [5.41, 5.74) is 7.35. The van der Waals surface area contributed by atoms with E-state index in [1.165, 1.54) is 64.5 Å². The van der Waals surface area contributed by atoms with E-state index in [4.69, 9.17) is 0 Å². The zero-order valence-electron chi connectivity index (χ0n) is 15.6. The summed E-state index contributed by atoms with van der Waals surface area (Å²) >= 11 is 0. The van der Waals surface area contributed by atoms with Crippen LogP contribution in [0.4, 0.5) is 0 Å². The van der Waals surface area contributed by atoms with Crippen molar-refractivity contribution in [2.24, 2.45) is 0 Å². The highest BCUT2D eigenvalue weighted by atomic mass is 79.9. The molecule has 0 rings (SSSR count). The van der Waals surface area contributed by atoms with E-state index < -0.39 is 0 Å². The number of unbranched alkanes of at least 4 members (excludes halogenated alkanes) is 4. The van der Waals surface area contributed by atoms with Gasteiger partial charge in [0.15, 0.2) is 0 Å². The van der Waals surface area contributed by atoms with Crippen molar-refractivity contribution in [2.45, 2.75) is 79.1 Å². The monoisotopic (exact) mass is 515 g/mol. The molecule has 0 aromatic rings. The van der Waals surface area contributed by atoms with Gasteiger partial charge in [-0.2, -0.15) is 0 Å². The fourth-order valence-electron chi connectivity index (χ4n) is 1.34. The van der Waals surface area contributed by atoms with Crippen molar-refractivity contribution in [3.63, 3.8) is 0 Å². The van der Waals surface area contributed by atoms with Gasteiger partial charge in [-0.25, -0.2) is 0 Å². The third kappa shape index (κ3) is 68.7. The Balaban J connectivity index is -0.0000000434. The SMILES string of the molecule is CCCC[NH2+]CCCC.CCCC[NH3+].CCCC[NH3+].[Br-].[Br-].[Br-]. The van der Waals surface area contributed by atoms with Crippen LogP contribution in [0.2, 0.25) is 0 Å². The Bertz CT molecular complexity index is 105. The minimum absolute atomic E-state index is 0. The molecule has 0 saturated heterocycles. The molecule has 0 radical (unpaired) electrons. The van der Waals surface area contributed by atoms with E-state index in [2.05, 4.69) is 44.5 Å². The molecule has 0 saturated carbocycles. The highest BCUT2D eigenvalue weighted by molar-refractivity contribution is 4.28. The van der Waals surface area contributed by atoms with Crippen LogP contribution in [-0.4, -0.2) is 26.2 Å². The highest BCUT2D eigenvalue weighted by Crippen LogP contribution is 1.80. The van der Waals surface area contributed by atoms with Gasteiger partial charge in [0.1, 0.15) is 0 Å². The van der Waals surface area contributed by atoms with E-state index >= 15 is 0 Å². The first-order valence-electron chi connectivity index (χ1n) is 8.64. The van der Waals surface area contributed by atoms with Gasteiger partial charge in [-0.15, -0.1) is 0 Å². The molecule has 3 nitrogen and oxygen atoms in total. The van der Waals surface area contributed by atoms with Gasteiger partial charge in [0.05, 0.1) is 26.2 Å². The van der Waals surface area contributed by atoms with E-state index in [-0.39, 0.29) is 50.9 Å². The fraction of sp³-hybridized carbons (Fsp3) is 1.00. The second-order valence-electron chi connectivity index (χ2n) is 4.99. The number of hydrogen-bond acceptors (Lipinski definition) is 0. The van der Waals surface area contributed by atoms with Gasteiger partial charge in [-0.3, -0.25) is 0 Å². The molecule has 0 unspecified atom stereocenters. The first-order chi connectivity index (χ1) is 9.24. The van der Waals surface area contributed by atoms with Crippen LogP contribution in [0.15, 0.2) is 0 Å². The Morgan fingerprint density at radius 3 is 0.955 bits per heavy atom. The molecule has 0 amide bonds. The van der Waals surface area contributed by atoms with Crippen LogP contribution in [0.1, 0.15) is 79.1 Å². The van der Waals surface area contributed by atoms with E-state index in [0.29, 0.717) is 0 Å². The molecule has 0 aliphatic rings. The summed E-state index contributed by atoms with van der Waals surface area (Å²) in [4.78, 5) is 0. The van der Waals surface area contributed by atoms with Crippen LogP contribution < -0.4 is 67.7 Å². The molecular weight excluding hydrogens is 474 g/mol. The molecule has 0 heterocycles. The van der Waals surface area contributed by atoms with Crippen LogP contribution in [0.5, 0.6) is 0 Å². The van der Waals surface area contributed by atoms with Crippen molar-refractivity contribution in [2.75, 3.05) is 26.2 Å². The van der Waals surface area contributed by atoms with Gasteiger partial charge in [0.25, 0.3) is 0 Å². The van der Waals surface area contributed by atoms with Crippen molar-refractivity contribution in [1.82, 2.24) is 0 Å². The van der Waals surface area contributed by atoms with Crippen molar-refractivity contribution in [1.29, 1.82) is 0 Å². The van der Waals surface area contributed by atoms with Gasteiger partial charge < -0.3 is 67.7 Å². The maximum absolute atomic E-state index is 3.68. The fourth-order valence-corrected chi connectivity index (χ4v) is 1.34. The lowest BCUT2D eigenvalue weighted by Crippen LogP contribution is -3.00. The van der Waals surface area contributed by atoms with E-state index in [1.54, 1.807) is 0 Å². The molecule has 0 aromatic carbocycles. The smallest absolute Gasteiger partial charge is 0.0755 e. The second-order valence-corrected chi connectivity index (χ2v) is 4.99. The Kier molecular flexibility index (Phi) is 87.1. The Hall–Kier alpha value is 1.32. The van der Waals surface area contributed by atoms with Gasteiger partial charge in [-0.1, -0.05) is 53.4 Å². The van der Waals surface area contributed by atoms with Crippen LogP contribution in [0.25, 0.3) is 0 Å². The molecule has 8 N–H and O–H groups in total. The van der Waals surface area contributed by atoms with Gasteiger partial charge >= 0.3 is 0 Å². The summed E-state index contributed by atoms with van der Waals surface area (Å²) in [5.74, 6) is 0. The van der Waals surface area contributed by atoms with E-state index in [9.17, 15) is 0 Å². The summed E-state index contributed by atoms with van der Waals surface area (Å²) in [6.07, 6.45) is 10.5. The Morgan fingerprint density at radius 1 is 0.545 bits per heavy atom. The van der Waals surface area contributed by atoms with E-state index in [0.717, 1.165) is 13.1 Å². The lowest BCUT2D eigenvalue weighted by molar-refractivity contribution is -0.655. The lowest BCUT2D eigenvalue weighted by Gasteiger charge is -1.96. The molecular formula is C16H44Br3N3. The molecule has 22 heavy (non-hydrogen) atoms. The van der Waals surface area contributed by atoms with Crippen LogP contribution in [0, 0.1) is 0 Å². The van der Waals surface area contributed by atoms with Crippen molar-refractivity contribution < 1.29 is 67.7 Å². The molecule has 0 aliphatic carbocycles. The van der Waals surface area contributed by atoms with Gasteiger partial charge in [0, 0.05) is 0 Å². The number of quaternary nitrogens is 3. The first kappa shape index (κ1) is 38.7. The topological polar surface area (TPSA) is 71.9 Å².